The molecule has 0 spiro atoms. The summed E-state index contributed by atoms with van der Waals surface area (Å²) in [6.07, 6.45) is 3.00. The van der Waals surface area contributed by atoms with E-state index in [1.165, 1.54) is 0 Å². The second-order valence-corrected chi connectivity index (χ2v) is 9.78. The average Bonchev–Trinajstić information content (AvgIpc) is 2.64. The summed E-state index contributed by atoms with van der Waals surface area (Å²) in [7, 11) is 0. The predicted octanol–water partition coefficient (Wildman–Crippen LogP) is 4.47. The SMILES string of the molecule is CCC(C)(C)c1nc(N2CCOCC2)cc(C)c1C(=O)NCCCC(C)(C)C. The molecule has 1 aliphatic heterocycles. The number of rotatable bonds is 7. The van der Waals surface area contributed by atoms with E-state index in [2.05, 4.69) is 57.8 Å². The Bertz CT molecular complexity index is 671. The molecule has 0 saturated carbocycles. The molecule has 5 nitrogen and oxygen atoms in total. The minimum absolute atomic E-state index is 0.00367. The molecule has 1 amide bonds. The lowest BCUT2D eigenvalue weighted by Crippen LogP contribution is -2.38. The first-order valence-corrected chi connectivity index (χ1v) is 10.7. The lowest BCUT2D eigenvalue weighted by atomic mass is 9.82. The molecule has 2 rings (SSSR count). The molecule has 0 aromatic carbocycles. The molecular formula is C23H39N3O2. The number of hydrogen-bond donors (Lipinski definition) is 1. The Morgan fingerprint density at radius 1 is 1.21 bits per heavy atom. The van der Waals surface area contributed by atoms with Gasteiger partial charge in [0.15, 0.2) is 0 Å². The number of hydrogen-bond acceptors (Lipinski definition) is 4. The Hall–Kier alpha value is -1.62. The third-order valence-corrected chi connectivity index (χ3v) is 5.68. The maximum absolute atomic E-state index is 13.1. The number of aromatic nitrogens is 1. The molecule has 1 aromatic heterocycles. The van der Waals surface area contributed by atoms with Crippen LogP contribution in [0, 0.1) is 12.3 Å². The largest absolute Gasteiger partial charge is 0.378 e. The van der Waals surface area contributed by atoms with E-state index in [4.69, 9.17) is 9.72 Å². The highest BCUT2D eigenvalue weighted by atomic mass is 16.5. The monoisotopic (exact) mass is 389 g/mol. The normalized spacial score (nSPS) is 15.6. The number of anilines is 1. The van der Waals surface area contributed by atoms with E-state index < -0.39 is 0 Å². The third-order valence-electron chi connectivity index (χ3n) is 5.68. The quantitative estimate of drug-likeness (QED) is 0.699. The number of pyridine rings is 1. The Kier molecular flexibility index (Phi) is 7.49. The molecule has 0 radical (unpaired) electrons. The number of amides is 1. The molecule has 5 heteroatoms. The number of morpholine rings is 1. The van der Waals surface area contributed by atoms with Crippen LogP contribution in [-0.4, -0.2) is 43.7 Å². The van der Waals surface area contributed by atoms with Crippen LogP contribution in [0.1, 0.15) is 82.4 Å². The van der Waals surface area contributed by atoms with Crippen molar-refractivity contribution in [2.45, 2.75) is 73.1 Å². The van der Waals surface area contributed by atoms with Gasteiger partial charge in [-0.2, -0.15) is 0 Å². The van der Waals surface area contributed by atoms with Gasteiger partial charge in [-0.3, -0.25) is 4.79 Å². The molecular weight excluding hydrogens is 350 g/mol. The van der Waals surface area contributed by atoms with E-state index in [9.17, 15) is 4.79 Å². The molecule has 0 atom stereocenters. The lowest BCUT2D eigenvalue weighted by Gasteiger charge is -2.32. The van der Waals surface area contributed by atoms with Gasteiger partial charge >= 0.3 is 0 Å². The molecule has 158 valence electrons. The maximum atomic E-state index is 13.1. The fraction of sp³-hybridized carbons (Fsp3) is 0.739. The van der Waals surface area contributed by atoms with Crippen molar-refractivity contribution in [3.63, 3.8) is 0 Å². The Morgan fingerprint density at radius 3 is 2.43 bits per heavy atom. The highest BCUT2D eigenvalue weighted by molar-refractivity contribution is 5.97. The van der Waals surface area contributed by atoms with Gasteiger partial charge < -0.3 is 15.0 Å². The summed E-state index contributed by atoms with van der Waals surface area (Å²) in [5.41, 5.74) is 2.79. The Labute approximate surface area is 171 Å². The number of aryl methyl sites for hydroxylation is 1. The zero-order valence-corrected chi connectivity index (χ0v) is 18.9. The highest BCUT2D eigenvalue weighted by Gasteiger charge is 2.29. The maximum Gasteiger partial charge on any atom is 0.253 e. The van der Waals surface area contributed by atoms with Crippen LogP contribution in [0.3, 0.4) is 0 Å². The van der Waals surface area contributed by atoms with E-state index >= 15 is 0 Å². The van der Waals surface area contributed by atoms with Crippen molar-refractivity contribution in [3.8, 4) is 0 Å². The van der Waals surface area contributed by atoms with Gasteiger partial charge in [-0.15, -0.1) is 0 Å². The van der Waals surface area contributed by atoms with Crippen molar-refractivity contribution in [2.75, 3.05) is 37.7 Å². The summed E-state index contributed by atoms with van der Waals surface area (Å²) in [5.74, 6) is 0.963. The topological polar surface area (TPSA) is 54.5 Å². The molecule has 1 fully saturated rings. The molecule has 0 aliphatic carbocycles. The van der Waals surface area contributed by atoms with Crippen LogP contribution < -0.4 is 10.2 Å². The van der Waals surface area contributed by atoms with Gasteiger partial charge in [0.25, 0.3) is 5.91 Å². The van der Waals surface area contributed by atoms with Crippen molar-refractivity contribution in [3.05, 3.63) is 22.9 Å². The minimum Gasteiger partial charge on any atom is -0.378 e. The first-order chi connectivity index (χ1) is 13.0. The first kappa shape index (κ1) is 22.7. The Balaban J connectivity index is 2.27. The fourth-order valence-corrected chi connectivity index (χ4v) is 3.46. The van der Waals surface area contributed by atoms with Crippen LogP contribution in [0.4, 0.5) is 5.82 Å². The number of carbonyl (C=O) groups excluding carboxylic acids is 1. The summed E-state index contributed by atoms with van der Waals surface area (Å²) >= 11 is 0. The lowest BCUT2D eigenvalue weighted by molar-refractivity contribution is 0.0947. The minimum atomic E-state index is -0.162. The van der Waals surface area contributed by atoms with Crippen molar-refractivity contribution in [2.24, 2.45) is 5.41 Å². The molecule has 0 bridgehead atoms. The van der Waals surface area contributed by atoms with E-state index in [0.29, 0.717) is 6.54 Å². The van der Waals surface area contributed by atoms with Gasteiger partial charge in [0.2, 0.25) is 0 Å². The second-order valence-electron chi connectivity index (χ2n) is 9.78. The number of nitrogens with one attached hydrogen (secondary N) is 1. The van der Waals surface area contributed by atoms with Gasteiger partial charge in [0.1, 0.15) is 5.82 Å². The van der Waals surface area contributed by atoms with Crippen LogP contribution in [0.25, 0.3) is 0 Å². The van der Waals surface area contributed by atoms with Crippen molar-refractivity contribution < 1.29 is 9.53 Å². The molecule has 1 N–H and O–H groups in total. The number of nitrogens with zero attached hydrogens (tertiary/aromatic N) is 2. The van der Waals surface area contributed by atoms with Crippen LogP contribution in [0.15, 0.2) is 6.07 Å². The summed E-state index contributed by atoms with van der Waals surface area (Å²) in [6, 6.07) is 2.06. The Morgan fingerprint density at radius 2 is 1.86 bits per heavy atom. The third kappa shape index (κ3) is 5.94. The zero-order valence-electron chi connectivity index (χ0n) is 18.9. The fourth-order valence-electron chi connectivity index (χ4n) is 3.46. The summed E-state index contributed by atoms with van der Waals surface area (Å²) < 4.78 is 5.48. The molecule has 28 heavy (non-hydrogen) atoms. The van der Waals surface area contributed by atoms with Crippen molar-refractivity contribution >= 4 is 11.7 Å². The van der Waals surface area contributed by atoms with E-state index in [0.717, 1.165) is 68.2 Å². The molecule has 1 saturated heterocycles. The predicted molar refractivity (Wildman–Crippen MR) is 116 cm³/mol. The average molecular weight is 390 g/mol. The van der Waals surface area contributed by atoms with E-state index in [1.807, 2.05) is 6.92 Å². The number of ether oxygens (including phenoxy) is 1. The first-order valence-electron chi connectivity index (χ1n) is 10.7. The van der Waals surface area contributed by atoms with Crippen molar-refractivity contribution in [1.29, 1.82) is 0 Å². The van der Waals surface area contributed by atoms with Crippen LogP contribution >= 0.6 is 0 Å². The van der Waals surface area contributed by atoms with Crippen molar-refractivity contribution in [1.82, 2.24) is 10.3 Å². The molecule has 1 aromatic rings. The van der Waals surface area contributed by atoms with Gasteiger partial charge in [-0.1, -0.05) is 41.5 Å². The standard InChI is InChI=1S/C23H39N3O2/c1-8-23(6,7)20-19(21(27)24-11-9-10-22(3,4)5)17(2)16-18(25-20)26-12-14-28-15-13-26/h16H,8-15H2,1-7H3,(H,24,27). The summed E-state index contributed by atoms with van der Waals surface area (Å²) in [4.78, 5) is 20.3. The second kappa shape index (κ2) is 9.25. The summed E-state index contributed by atoms with van der Waals surface area (Å²) in [6.45, 7) is 19.1. The van der Waals surface area contributed by atoms with Crippen LogP contribution in [-0.2, 0) is 10.2 Å². The zero-order chi connectivity index (χ0) is 20.9. The van der Waals surface area contributed by atoms with Gasteiger partial charge in [-0.25, -0.2) is 4.98 Å². The molecule has 2 heterocycles. The smallest absolute Gasteiger partial charge is 0.253 e. The van der Waals surface area contributed by atoms with Crippen LogP contribution in [0.2, 0.25) is 0 Å². The van der Waals surface area contributed by atoms with Gasteiger partial charge in [0, 0.05) is 25.0 Å². The molecule has 1 aliphatic rings. The van der Waals surface area contributed by atoms with E-state index in [-0.39, 0.29) is 16.7 Å². The van der Waals surface area contributed by atoms with Gasteiger partial charge in [-0.05, 0) is 43.2 Å². The highest BCUT2D eigenvalue weighted by Crippen LogP contribution is 2.32. The van der Waals surface area contributed by atoms with Crippen LogP contribution in [0.5, 0.6) is 0 Å². The molecule has 0 unspecified atom stereocenters. The van der Waals surface area contributed by atoms with Gasteiger partial charge in [0.05, 0.1) is 24.5 Å². The summed E-state index contributed by atoms with van der Waals surface area (Å²) in [5, 5.41) is 3.14. The van der Waals surface area contributed by atoms with E-state index in [1.54, 1.807) is 0 Å². The number of carbonyl (C=O) groups is 1.